The number of benzene rings is 1. The number of nitrogens with one attached hydrogen (secondary N) is 3. The predicted octanol–water partition coefficient (Wildman–Crippen LogP) is 1.34. The van der Waals surface area contributed by atoms with E-state index in [9.17, 15) is 22.8 Å². The second kappa shape index (κ2) is 9.85. The van der Waals surface area contributed by atoms with Crippen LogP contribution in [0, 0.1) is 0 Å². The Morgan fingerprint density at radius 2 is 1.93 bits per heavy atom. The topological polar surface area (TPSA) is 131 Å². The lowest BCUT2D eigenvalue weighted by molar-refractivity contribution is -0.123. The maximum absolute atomic E-state index is 12.0. The summed E-state index contributed by atoms with van der Waals surface area (Å²) in [5.74, 6) is -1.61. The van der Waals surface area contributed by atoms with Gasteiger partial charge in [0.15, 0.2) is 6.61 Å². The van der Waals surface area contributed by atoms with Gasteiger partial charge in [0.05, 0.1) is 11.8 Å². The van der Waals surface area contributed by atoms with Gasteiger partial charge in [-0.25, -0.2) is 18.0 Å². The van der Waals surface area contributed by atoms with Crippen molar-refractivity contribution in [1.29, 1.82) is 0 Å². The third kappa shape index (κ3) is 7.76. The van der Waals surface area contributed by atoms with Crippen LogP contribution >= 0.6 is 11.3 Å². The lowest BCUT2D eigenvalue weighted by atomic mass is 10.2. The Morgan fingerprint density at radius 1 is 1.14 bits per heavy atom. The van der Waals surface area contributed by atoms with Gasteiger partial charge in [0, 0.05) is 17.1 Å². The summed E-state index contributed by atoms with van der Waals surface area (Å²) in [6, 6.07) is 8.77. The monoisotopic (exact) mass is 425 g/mol. The molecule has 0 saturated heterocycles. The molecule has 0 bridgehead atoms. The molecule has 1 heterocycles. The second-order valence-electron chi connectivity index (χ2n) is 5.66. The van der Waals surface area contributed by atoms with Crippen LogP contribution in [-0.4, -0.2) is 45.7 Å². The highest BCUT2D eigenvalue weighted by Gasteiger charge is 2.13. The minimum atomic E-state index is -3.49. The van der Waals surface area contributed by atoms with E-state index in [0.717, 1.165) is 11.1 Å². The standard InChI is InChI=1S/C17H19N3O6S2/c1-28(24,25)20-13-5-2-4-12(10-13)16(22)26-11-15(21)19-17(23)18-8-7-14-6-3-9-27-14/h2-6,9-10,20H,7-8,11H2,1H3,(H2,18,19,21,23). The van der Waals surface area contributed by atoms with E-state index in [1.165, 1.54) is 24.3 Å². The van der Waals surface area contributed by atoms with Gasteiger partial charge in [-0.05, 0) is 36.1 Å². The summed E-state index contributed by atoms with van der Waals surface area (Å²) >= 11 is 1.57. The molecular formula is C17H19N3O6S2. The molecule has 2 aromatic rings. The molecule has 1 aromatic carbocycles. The van der Waals surface area contributed by atoms with Crippen LogP contribution < -0.4 is 15.4 Å². The Bertz CT molecular complexity index is 942. The van der Waals surface area contributed by atoms with Gasteiger partial charge in [-0.2, -0.15) is 0 Å². The Balaban J connectivity index is 1.75. The number of anilines is 1. The molecule has 0 radical (unpaired) electrons. The zero-order valence-corrected chi connectivity index (χ0v) is 16.6. The molecule has 1 aromatic heterocycles. The molecule has 9 nitrogen and oxygen atoms in total. The molecule has 0 saturated carbocycles. The van der Waals surface area contributed by atoms with E-state index in [0.29, 0.717) is 13.0 Å². The average molecular weight is 425 g/mol. The quantitative estimate of drug-likeness (QED) is 0.547. The Hall–Kier alpha value is -2.92. The highest BCUT2D eigenvalue weighted by molar-refractivity contribution is 7.92. The molecule has 2 rings (SSSR count). The molecule has 0 aliphatic rings. The lowest BCUT2D eigenvalue weighted by Gasteiger charge is -2.08. The summed E-state index contributed by atoms with van der Waals surface area (Å²) in [7, 11) is -3.49. The minimum Gasteiger partial charge on any atom is -0.452 e. The largest absolute Gasteiger partial charge is 0.452 e. The first-order valence-electron chi connectivity index (χ1n) is 8.08. The second-order valence-corrected chi connectivity index (χ2v) is 8.45. The van der Waals surface area contributed by atoms with Gasteiger partial charge in [0.2, 0.25) is 10.0 Å². The third-order valence-corrected chi connectivity index (χ3v) is 4.77. The van der Waals surface area contributed by atoms with E-state index in [-0.39, 0.29) is 11.3 Å². The molecule has 0 fully saturated rings. The van der Waals surface area contributed by atoms with Crippen LogP contribution in [0.3, 0.4) is 0 Å². The van der Waals surface area contributed by atoms with Crippen LogP contribution in [0.2, 0.25) is 0 Å². The smallest absolute Gasteiger partial charge is 0.338 e. The summed E-state index contributed by atoms with van der Waals surface area (Å²) in [6.07, 6.45) is 1.62. The molecule has 0 spiro atoms. The van der Waals surface area contributed by atoms with Gasteiger partial charge in [0.1, 0.15) is 0 Å². The first-order chi connectivity index (χ1) is 13.2. The molecule has 3 amide bonds. The number of sulfonamides is 1. The van der Waals surface area contributed by atoms with Crippen LogP contribution in [0.1, 0.15) is 15.2 Å². The molecule has 3 N–H and O–H groups in total. The van der Waals surface area contributed by atoms with Crippen molar-refractivity contribution in [3.8, 4) is 0 Å². The van der Waals surface area contributed by atoms with E-state index in [1.54, 1.807) is 11.3 Å². The molecule has 0 aliphatic carbocycles. The van der Waals surface area contributed by atoms with Crippen molar-refractivity contribution in [3.63, 3.8) is 0 Å². The summed E-state index contributed by atoms with van der Waals surface area (Å²) in [6.45, 7) is -0.291. The number of amides is 3. The maximum atomic E-state index is 12.0. The van der Waals surface area contributed by atoms with Crippen molar-refractivity contribution >= 4 is 45.0 Å². The molecule has 0 atom stereocenters. The molecular weight excluding hydrogens is 406 g/mol. The summed E-state index contributed by atoms with van der Waals surface area (Å²) in [5.41, 5.74) is 0.244. The fourth-order valence-corrected chi connectivity index (χ4v) is 3.36. The highest BCUT2D eigenvalue weighted by atomic mass is 32.2. The molecule has 150 valence electrons. The Morgan fingerprint density at radius 3 is 2.61 bits per heavy atom. The lowest BCUT2D eigenvalue weighted by Crippen LogP contribution is -2.42. The van der Waals surface area contributed by atoms with Crippen molar-refractivity contribution in [3.05, 3.63) is 52.2 Å². The fraction of sp³-hybridized carbons (Fsp3) is 0.235. The van der Waals surface area contributed by atoms with Gasteiger partial charge in [-0.15, -0.1) is 11.3 Å². The van der Waals surface area contributed by atoms with Crippen molar-refractivity contribution in [2.75, 3.05) is 24.1 Å². The third-order valence-electron chi connectivity index (χ3n) is 3.23. The summed E-state index contributed by atoms with van der Waals surface area (Å²) < 4.78 is 29.5. The van der Waals surface area contributed by atoms with Crippen LogP contribution in [-0.2, 0) is 26.0 Å². The summed E-state index contributed by atoms with van der Waals surface area (Å²) in [4.78, 5) is 36.4. The minimum absolute atomic E-state index is 0.0573. The van der Waals surface area contributed by atoms with Gasteiger partial charge < -0.3 is 10.1 Å². The maximum Gasteiger partial charge on any atom is 0.338 e. The zero-order chi connectivity index (χ0) is 20.6. The number of carbonyl (C=O) groups excluding carboxylic acids is 3. The number of esters is 1. The Kier molecular flexibility index (Phi) is 7.52. The van der Waals surface area contributed by atoms with Crippen LogP contribution in [0.25, 0.3) is 0 Å². The van der Waals surface area contributed by atoms with Gasteiger partial charge in [0.25, 0.3) is 5.91 Å². The average Bonchev–Trinajstić information content (AvgIpc) is 3.12. The molecule has 28 heavy (non-hydrogen) atoms. The molecule has 0 aliphatic heterocycles. The highest BCUT2D eigenvalue weighted by Crippen LogP contribution is 2.13. The SMILES string of the molecule is CS(=O)(=O)Nc1cccc(C(=O)OCC(=O)NC(=O)NCCc2cccs2)c1. The number of imide groups is 1. The number of hydrogen-bond donors (Lipinski definition) is 3. The van der Waals surface area contributed by atoms with E-state index >= 15 is 0 Å². The molecule has 11 heteroatoms. The van der Waals surface area contributed by atoms with Crippen molar-refractivity contribution in [2.24, 2.45) is 0 Å². The first kappa shape index (κ1) is 21.4. The van der Waals surface area contributed by atoms with Gasteiger partial charge >= 0.3 is 12.0 Å². The van der Waals surface area contributed by atoms with Crippen LogP contribution in [0.15, 0.2) is 41.8 Å². The Labute approximate surface area is 166 Å². The number of carbonyl (C=O) groups is 3. The first-order valence-corrected chi connectivity index (χ1v) is 10.8. The van der Waals surface area contributed by atoms with E-state index in [2.05, 4.69) is 15.4 Å². The molecule has 0 unspecified atom stereocenters. The van der Waals surface area contributed by atoms with Crippen molar-refractivity contribution < 1.29 is 27.5 Å². The van der Waals surface area contributed by atoms with E-state index in [4.69, 9.17) is 4.74 Å². The zero-order valence-electron chi connectivity index (χ0n) is 14.9. The van der Waals surface area contributed by atoms with Gasteiger partial charge in [-0.3, -0.25) is 14.8 Å². The van der Waals surface area contributed by atoms with Gasteiger partial charge in [-0.1, -0.05) is 12.1 Å². The van der Waals surface area contributed by atoms with Crippen molar-refractivity contribution in [2.45, 2.75) is 6.42 Å². The van der Waals surface area contributed by atoms with Crippen molar-refractivity contribution in [1.82, 2.24) is 10.6 Å². The number of rotatable bonds is 8. The number of urea groups is 1. The number of thiophene rings is 1. The van der Waals surface area contributed by atoms with E-state index in [1.807, 2.05) is 17.5 Å². The number of ether oxygens (including phenoxy) is 1. The van der Waals surface area contributed by atoms with Crippen LogP contribution in [0.4, 0.5) is 10.5 Å². The van der Waals surface area contributed by atoms with E-state index < -0.39 is 34.5 Å². The normalized spacial score (nSPS) is 10.8. The number of hydrogen-bond acceptors (Lipinski definition) is 7. The summed E-state index contributed by atoms with van der Waals surface area (Å²) in [5, 5.41) is 6.52. The predicted molar refractivity (Wildman–Crippen MR) is 105 cm³/mol. The fourth-order valence-electron chi connectivity index (χ4n) is 2.10. The van der Waals surface area contributed by atoms with Crippen LogP contribution in [0.5, 0.6) is 0 Å².